The van der Waals surface area contributed by atoms with E-state index in [1.165, 1.54) is 10.6 Å². The summed E-state index contributed by atoms with van der Waals surface area (Å²) >= 11 is 6.46. The lowest BCUT2D eigenvalue weighted by atomic mass is 9.97. The number of benzene rings is 1. The van der Waals surface area contributed by atoms with E-state index in [-0.39, 0.29) is 11.1 Å². The molecule has 0 bridgehead atoms. The van der Waals surface area contributed by atoms with E-state index in [0.717, 1.165) is 22.3 Å². The van der Waals surface area contributed by atoms with E-state index in [1.807, 2.05) is 24.3 Å². The second-order valence-corrected chi connectivity index (χ2v) is 12.7. The van der Waals surface area contributed by atoms with E-state index in [4.69, 9.17) is 16.6 Å². The smallest absolute Gasteiger partial charge is 0.296 e. The Morgan fingerprint density at radius 1 is 1.06 bits per heavy atom. The molecular formula is C24H32ClN5O3S. The number of imidazole rings is 1. The van der Waals surface area contributed by atoms with Gasteiger partial charge in [0.1, 0.15) is 0 Å². The van der Waals surface area contributed by atoms with Crippen LogP contribution in [-0.4, -0.2) is 64.2 Å². The van der Waals surface area contributed by atoms with E-state index in [0.29, 0.717) is 49.9 Å². The van der Waals surface area contributed by atoms with Crippen molar-refractivity contribution in [2.75, 3.05) is 32.4 Å². The van der Waals surface area contributed by atoms with Crippen molar-refractivity contribution in [3.63, 3.8) is 0 Å². The molecule has 0 unspecified atom stereocenters. The molecule has 1 aliphatic heterocycles. The molecule has 1 fully saturated rings. The first-order valence-electron chi connectivity index (χ1n) is 11.4. The first-order valence-corrected chi connectivity index (χ1v) is 13.6. The highest BCUT2D eigenvalue weighted by Crippen LogP contribution is 2.27. The predicted octanol–water partition coefficient (Wildman–Crippen LogP) is 3.18. The molecule has 1 aromatic carbocycles. The number of nitrogens with zero attached hydrogens (tertiary/aromatic N) is 5. The van der Waals surface area contributed by atoms with Crippen molar-refractivity contribution in [2.24, 2.45) is 12.5 Å². The van der Waals surface area contributed by atoms with E-state index >= 15 is 0 Å². The molecule has 0 atom stereocenters. The van der Waals surface area contributed by atoms with Gasteiger partial charge >= 0.3 is 5.69 Å². The van der Waals surface area contributed by atoms with Crippen molar-refractivity contribution < 1.29 is 8.42 Å². The zero-order valence-corrected chi connectivity index (χ0v) is 21.9. The van der Waals surface area contributed by atoms with Crippen LogP contribution in [0.4, 0.5) is 0 Å². The second kappa shape index (κ2) is 9.11. The average molecular weight is 506 g/mol. The first-order chi connectivity index (χ1) is 15.8. The summed E-state index contributed by atoms with van der Waals surface area (Å²) in [5.74, 6) is 0. The molecule has 0 saturated carbocycles. The van der Waals surface area contributed by atoms with Crippen molar-refractivity contribution in [1.82, 2.24) is 23.3 Å². The zero-order chi connectivity index (χ0) is 24.8. The Hall–Kier alpha value is -2.20. The number of piperazine rings is 1. The molecule has 1 aliphatic rings. The molecule has 8 nitrogen and oxygen atoms in total. The number of pyridine rings is 1. The van der Waals surface area contributed by atoms with Crippen molar-refractivity contribution in [3.05, 3.63) is 51.4 Å². The van der Waals surface area contributed by atoms with Crippen LogP contribution >= 0.6 is 11.6 Å². The van der Waals surface area contributed by atoms with E-state index < -0.39 is 10.0 Å². The van der Waals surface area contributed by atoms with Crippen LogP contribution in [0.15, 0.2) is 35.1 Å². The third-order valence-corrected chi connectivity index (χ3v) is 7.59. The summed E-state index contributed by atoms with van der Waals surface area (Å²) in [5, 5.41) is 0.614. The normalized spacial score (nSPS) is 16.4. The number of hydrogen-bond acceptors (Lipinski definition) is 5. The Kier molecular flexibility index (Phi) is 6.67. The molecule has 0 N–H and O–H groups in total. The van der Waals surface area contributed by atoms with Crippen molar-refractivity contribution in [2.45, 2.75) is 33.9 Å². The molecule has 4 rings (SSSR count). The standard InChI is InChI=1S/C24H32ClN5O3S/c1-24(2,3)16-30-21-7-6-20(26-22(21)27(4)23(30)31)18-12-17(13-19(25)14-18)15-28-8-10-29(11-9-28)34(5,32)33/h6-7,12-14H,8-11,15-16H2,1-5H3. The summed E-state index contributed by atoms with van der Waals surface area (Å²) in [6, 6.07) is 9.76. The minimum absolute atomic E-state index is 0.0363. The maximum Gasteiger partial charge on any atom is 0.330 e. The van der Waals surface area contributed by atoms with Gasteiger partial charge in [0, 0.05) is 56.9 Å². The molecule has 0 aliphatic carbocycles. The molecule has 184 valence electrons. The summed E-state index contributed by atoms with van der Waals surface area (Å²) in [5.41, 5.74) is 4.02. The molecule has 3 heterocycles. The van der Waals surface area contributed by atoms with Crippen molar-refractivity contribution >= 4 is 32.8 Å². The average Bonchev–Trinajstić information content (AvgIpc) is 2.96. The van der Waals surface area contributed by atoms with Crippen LogP contribution in [0.2, 0.25) is 5.02 Å². The van der Waals surface area contributed by atoms with Crippen LogP contribution in [0.1, 0.15) is 26.3 Å². The Balaban J connectivity index is 1.61. The van der Waals surface area contributed by atoms with Gasteiger partial charge in [-0.2, -0.15) is 4.31 Å². The third-order valence-electron chi connectivity index (χ3n) is 6.07. The fraction of sp³-hybridized carbons (Fsp3) is 0.500. The van der Waals surface area contributed by atoms with Gasteiger partial charge < -0.3 is 0 Å². The number of fused-ring (bicyclic) bond motifs is 1. The first kappa shape index (κ1) is 24.9. The second-order valence-electron chi connectivity index (χ2n) is 10.3. The number of aromatic nitrogens is 3. The van der Waals surface area contributed by atoms with Crippen LogP contribution in [0.3, 0.4) is 0 Å². The quantitative estimate of drug-likeness (QED) is 0.532. The number of aryl methyl sites for hydroxylation is 1. The van der Waals surface area contributed by atoms with Gasteiger partial charge in [-0.1, -0.05) is 32.4 Å². The fourth-order valence-corrected chi connectivity index (χ4v) is 5.51. The molecule has 3 aromatic rings. The highest BCUT2D eigenvalue weighted by atomic mass is 35.5. The minimum atomic E-state index is -3.15. The summed E-state index contributed by atoms with van der Waals surface area (Å²) in [6.07, 6.45) is 1.25. The molecule has 34 heavy (non-hydrogen) atoms. The van der Waals surface area contributed by atoms with Crippen molar-refractivity contribution in [3.8, 4) is 11.3 Å². The minimum Gasteiger partial charge on any atom is -0.296 e. The van der Waals surface area contributed by atoms with Gasteiger partial charge in [0.05, 0.1) is 17.5 Å². The highest BCUT2D eigenvalue weighted by Gasteiger charge is 2.24. The van der Waals surface area contributed by atoms with Gasteiger partial charge in [0.15, 0.2) is 5.65 Å². The van der Waals surface area contributed by atoms with Gasteiger partial charge in [-0.3, -0.25) is 14.0 Å². The summed E-state index contributed by atoms with van der Waals surface area (Å²) in [7, 11) is -1.40. The topological polar surface area (TPSA) is 80.4 Å². The molecule has 2 aromatic heterocycles. The van der Waals surface area contributed by atoms with E-state index in [1.54, 1.807) is 16.2 Å². The van der Waals surface area contributed by atoms with Crippen LogP contribution in [-0.2, 0) is 30.2 Å². The third kappa shape index (κ3) is 5.38. The number of rotatable bonds is 5. The van der Waals surface area contributed by atoms with Crippen LogP contribution < -0.4 is 5.69 Å². The Morgan fingerprint density at radius 3 is 2.35 bits per heavy atom. The molecule has 1 saturated heterocycles. The van der Waals surface area contributed by atoms with E-state index in [2.05, 4.69) is 31.7 Å². The SMILES string of the molecule is Cn1c(=O)n(CC(C)(C)C)c2ccc(-c3cc(Cl)cc(CN4CCN(S(C)(=O)=O)CC4)c3)nc21. The predicted molar refractivity (Wildman–Crippen MR) is 137 cm³/mol. The maximum absolute atomic E-state index is 12.8. The Bertz CT molecular complexity index is 1380. The zero-order valence-electron chi connectivity index (χ0n) is 20.4. The van der Waals surface area contributed by atoms with E-state index in [9.17, 15) is 13.2 Å². The Morgan fingerprint density at radius 2 is 1.74 bits per heavy atom. The van der Waals surface area contributed by atoms with Gasteiger partial charge in [0.25, 0.3) is 0 Å². The molecule has 0 spiro atoms. The summed E-state index contributed by atoms with van der Waals surface area (Å²) in [6.45, 7) is 9.92. The van der Waals surface area contributed by atoms with Crippen molar-refractivity contribution in [1.29, 1.82) is 0 Å². The lowest BCUT2D eigenvalue weighted by molar-refractivity contribution is 0.182. The van der Waals surface area contributed by atoms with Crippen LogP contribution in [0.5, 0.6) is 0 Å². The molecule has 0 amide bonds. The number of halogens is 1. The number of sulfonamides is 1. The lowest BCUT2D eigenvalue weighted by Gasteiger charge is -2.33. The monoisotopic (exact) mass is 505 g/mol. The fourth-order valence-electron chi connectivity index (χ4n) is 4.43. The molecule has 10 heteroatoms. The highest BCUT2D eigenvalue weighted by molar-refractivity contribution is 7.88. The van der Waals surface area contributed by atoms with Gasteiger partial charge in [0.2, 0.25) is 10.0 Å². The van der Waals surface area contributed by atoms with Gasteiger partial charge in [-0.25, -0.2) is 18.2 Å². The lowest BCUT2D eigenvalue weighted by Crippen LogP contribution is -2.47. The van der Waals surface area contributed by atoms with Crippen LogP contribution in [0.25, 0.3) is 22.4 Å². The molecular weight excluding hydrogens is 474 g/mol. The largest absolute Gasteiger partial charge is 0.330 e. The molecule has 0 radical (unpaired) electrons. The number of hydrogen-bond donors (Lipinski definition) is 0. The Labute approximate surface area is 205 Å². The van der Waals surface area contributed by atoms with Gasteiger partial charge in [-0.15, -0.1) is 0 Å². The summed E-state index contributed by atoms with van der Waals surface area (Å²) < 4.78 is 28.4. The van der Waals surface area contributed by atoms with Gasteiger partial charge in [-0.05, 0) is 41.3 Å². The maximum atomic E-state index is 12.8. The van der Waals surface area contributed by atoms with Crippen LogP contribution in [0, 0.1) is 5.41 Å². The summed E-state index contributed by atoms with van der Waals surface area (Å²) in [4.78, 5) is 19.9.